The Bertz CT molecular complexity index is 1190. The SMILES string of the molecule is O=C(c1ccc(S(=O)(=O)N2CCCCC2)cc1)N(Cc1ccc2[nH]ccc2c1)C1CC1. The molecule has 2 heterocycles. The standard InChI is InChI=1S/C24H27N3O3S/c28-24(19-5-9-22(10-6-19)31(29,30)26-14-2-1-3-15-26)27(21-7-8-21)17-18-4-11-23-20(16-18)12-13-25-23/h4-6,9-13,16,21,25H,1-3,7-8,14-15,17H2. The molecule has 2 aliphatic rings. The molecule has 3 aromatic rings. The highest BCUT2D eigenvalue weighted by atomic mass is 32.2. The van der Waals surface area contributed by atoms with E-state index < -0.39 is 10.0 Å². The van der Waals surface area contributed by atoms with Crippen LogP contribution in [0, 0.1) is 0 Å². The van der Waals surface area contributed by atoms with E-state index in [2.05, 4.69) is 17.1 Å². The van der Waals surface area contributed by atoms with E-state index >= 15 is 0 Å². The van der Waals surface area contributed by atoms with E-state index in [1.165, 1.54) is 0 Å². The van der Waals surface area contributed by atoms with Crippen LogP contribution in [-0.2, 0) is 16.6 Å². The molecule has 1 aromatic heterocycles. The molecule has 1 saturated heterocycles. The van der Waals surface area contributed by atoms with Crippen LogP contribution in [0.15, 0.2) is 59.6 Å². The Hall–Kier alpha value is -2.64. The van der Waals surface area contributed by atoms with Crippen LogP contribution in [0.2, 0.25) is 0 Å². The quantitative estimate of drug-likeness (QED) is 0.630. The zero-order chi connectivity index (χ0) is 21.4. The number of amides is 1. The molecular weight excluding hydrogens is 410 g/mol. The highest BCUT2D eigenvalue weighted by Gasteiger charge is 2.33. The minimum atomic E-state index is -3.49. The normalized spacial score (nSPS) is 17.7. The van der Waals surface area contributed by atoms with Crippen LogP contribution in [-0.4, -0.2) is 47.6 Å². The number of aromatic nitrogens is 1. The lowest BCUT2D eigenvalue weighted by molar-refractivity contribution is 0.0730. The molecule has 7 heteroatoms. The van der Waals surface area contributed by atoms with Crippen LogP contribution >= 0.6 is 0 Å². The lowest BCUT2D eigenvalue weighted by Crippen LogP contribution is -2.35. The fraction of sp³-hybridized carbons (Fsp3) is 0.375. The first kappa shape index (κ1) is 20.3. The van der Waals surface area contributed by atoms with Crippen molar-refractivity contribution in [3.63, 3.8) is 0 Å². The molecule has 1 saturated carbocycles. The van der Waals surface area contributed by atoms with Crippen molar-refractivity contribution in [1.82, 2.24) is 14.2 Å². The number of piperidine rings is 1. The number of carbonyl (C=O) groups excluding carboxylic acids is 1. The Balaban J connectivity index is 1.35. The predicted octanol–water partition coefficient (Wildman–Crippen LogP) is 4.15. The minimum Gasteiger partial charge on any atom is -0.361 e. The lowest BCUT2D eigenvalue weighted by Gasteiger charge is -2.26. The molecule has 0 radical (unpaired) electrons. The van der Waals surface area contributed by atoms with Crippen LogP contribution in [0.25, 0.3) is 10.9 Å². The van der Waals surface area contributed by atoms with Crippen molar-refractivity contribution in [2.45, 2.75) is 49.6 Å². The number of hydrogen-bond donors (Lipinski definition) is 1. The van der Waals surface area contributed by atoms with Gasteiger partial charge in [0.1, 0.15) is 0 Å². The molecule has 2 fully saturated rings. The summed E-state index contributed by atoms with van der Waals surface area (Å²) in [6, 6.07) is 15.0. The van der Waals surface area contributed by atoms with Crippen LogP contribution < -0.4 is 0 Å². The maximum atomic E-state index is 13.3. The van der Waals surface area contributed by atoms with Gasteiger partial charge in [-0.1, -0.05) is 12.5 Å². The number of H-pyrrole nitrogens is 1. The van der Waals surface area contributed by atoms with Gasteiger partial charge < -0.3 is 9.88 Å². The van der Waals surface area contributed by atoms with Crippen molar-refractivity contribution in [2.75, 3.05) is 13.1 Å². The van der Waals surface area contributed by atoms with Crippen molar-refractivity contribution >= 4 is 26.8 Å². The fourth-order valence-corrected chi connectivity index (χ4v) is 5.86. The number of hydrogen-bond acceptors (Lipinski definition) is 3. The second-order valence-corrected chi connectivity index (χ2v) is 10.5. The van der Waals surface area contributed by atoms with Gasteiger partial charge in [0, 0.05) is 43.0 Å². The van der Waals surface area contributed by atoms with Gasteiger partial charge in [-0.25, -0.2) is 8.42 Å². The number of fused-ring (bicyclic) bond motifs is 1. The number of sulfonamides is 1. The summed E-state index contributed by atoms with van der Waals surface area (Å²) >= 11 is 0. The zero-order valence-electron chi connectivity index (χ0n) is 17.5. The van der Waals surface area contributed by atoms with E-state index in [9.17, 15) is 13.2 Å². The van der Waals surface area contributed by atoms with E-state index in [0.717, 1.165) is 48.6 Å². The lowest BCUT2D eigenvalue weighted by atomic mass is 10.1. The molecule has 1 aliphatic heterocycles. The average Bonchev–Trinajstić information content (AvgIpc) is 3.54. The van der Waals surface area contributed by atoms with Gasteiger partial charge in [0.25, 0.3) is 5.91 Å². The van der Waals surface area contributed by atoms with Gasteiger partial charge in [-0.05, 0) is 79.1 Å². The van der Waals surface area contributed by atoms with Crippen LogP contribution in [0.5, 0.6) is 0 Å². The highest BCUT2D eigenvalue weighted by molar-refractivity contribution is 7.89. The monoisotopic (exact) mass is 437 g/mol. The van der Waals surface area contributed by atoms with Crippen LogP contribution in [0.1, 0.15) is 48.0 Å². The zero-order valence-corrected chi connectivity index (χ0v) is 18.3. The third-order valence-electron chi connectivity index (χ3n) is 6.27. The van der Waals surface area contributed by atoms with Gasteiger partial charge in [-0.2, -0.15) is 4.31 Å². The first-order valence-electron chi connectivity index (χ1n) is 11.0. The van der Waals surface area contributed by atoms with Gasteiger partial charge in [0.15, 0.2) is 0 Å². The van der Waals surface area contributed by atoms with Gasteiger partial charge in [-0.15, -0.1) is 0 Å². The highest BCUT2D eigenvalue weighted by Crippen LogP contribution is 2.31. The van der Waals surface area contributed by atoms with Crippen molar-refractivity contribution in [2.24, 2.45) is 0 Å². The summed E-state index contributed by atoms with van der Waals surface area (Å²) in [7, 11) is -3.49. The van der Waals surface area contributed by atoms with Crippen molar-refractivity contribution in [3.05, 3.63) is 65.9 Å². The topological polar surface area (TPSA) is 73.5 Å². The molecule has 0 unspecified atom stereocenters. The van der Waals surface area contributed by atoms with Crippen molar-refractivity contribution in [3.8, 4) is 0 Å². The maximum Gasteiger partial charge on any atom is 0.254 e. The molecule has 0 atom stereocenters. The second-order valence-electron chi connectivity index (χ2n) is 8.55. The molecule has 162 valence electrons. The molecule has 0 bridgehead atoms. The number of benzene rings is 2. The van der Waals surface area contributed by atoms with Gasteiger partial charge in [0.05, 0.1) is 4.90 Å². The molecule has 2 aromatic carbocycles. The van der Waals surface area contributed by atoms with Crippen LogP contribution in [0.4, 0.5) is 0 Å². The first-order chi connectivity index (χ1) is 15.0. The Labute approximate surface area is 182 Å². The summed E-state index contributed by atoms with van der Waals surface area (Å²) in [5.41, 5.74) is 2.71. The number of nitrogens with zero attached hydrogens (tertiary/aromatic N) is 2. The Morgan fingerprint density at radius 3 is 2.45 bits per heavy atom. The van der Waals surface area contributed by atoms with Crippen molar-refractivity contribution < 1.29 is 13.2 Å². The summed E-state index contributed by atoms with van der Waals surface area (Å²) < 4.78 is 27.3. The van der Waals surface area contributed by atoms with E-state index in [1.807, 2.05) is 23.2 Å². The third kappa shape index (κ3) is 4.12. The summed E-state index contributed by atoms with van der Waals surface area (Å²) in [5, 5.41) is 1.13. The molecule has 1 amide bonds. The maximum absolute atomic E-state index is 13.3. The van der Waals surface area contributed by atoms with Crippen LogP contribution in [0.3, 0.4) is 0 Å². The largest absolute Gasteiger partial charge is 0.361 e. The number of nitrogens with one attached hydrogen (secondary N) is 1. The van der Waals surface area contributed by atoms with E-state index in [0.29, 0.717) is 25.2 Å². The van der Waals surface area contributed by atoms with Crippen molar-refractivity contribution in [1.29, 1.82) is 0 Å². The first-order valence-corrected chi connectivity index (χ1v) is 12.4. The Morgan fingerprint density at radius 2 is 1.74 bits per heavy atom. The second kappa shape index (κ2) is 8.13. The summed E-state index contributed by atoms with van der Waals surface area (Å²) in [5.74, 6) is -0.0430. The summed E-state index contributed by atoms with van der Waals surface area (Å²) in [4.78, 5) is 18.6. The minimum absolute atomic E-state index is 0.0430. The third-order valence-corrected chi connectivity index (χ3v) is 8.19. The fourth-order valence-electron chi connectivity index (χ4n) is 4.34. The average molecular weight is 438 g/mol. The smallest absolute Gasteiger partial charge is 0.254 e. The number of carbonyl (C=O) groups is 1. The molecule has 31 heavy (non-hydrogen) atoms. The molecule has 0 spiro atoms. The molecular formula is C24H27N3O3S. The van der Waals surface area contributed by atoms with Gasteiger partial charge in [-0.3, -0.25) is 4.79 Å². The van der Waals surface area contributed by atoms with E-state index in [1.54, 1.807) is 28.6 Å². The van der Waals surface area contributed by atoms with Gasteiger partial charge >= 0.3 is 0 Å². The van der Waals surface area contributed by atoms with Gasteiger partial charge in [0.2, 0.25) is 10.0 Å². The number of rotatable bonds is 6. The molecule has 1 N–H and O–H groups in total. The molecule has 6 nitrogen and oxygen atoms in total. The van der Waals surface area contributed by atoms with E-state index in [-0.39, 0.29) is 16.8 Å². The predicted molar refractivity (Wildman–Crippen MR) is 120 cm³/mol. The van der Waals surface area contributed by atoms with E-state index in [4.69, 9.17) is 0 Å². The Morgan fingerprint density at radius 1 is 1.00 bits per heavy atom. The molecule has 5 rings (SSSR count). The number of aromatic amines is 1. The summed E-state index contributed by atoms with van der Waals surface area (Å²) in [6.07, 6.45) is 6.83. The molecule has 1 aliphatic carbocycles. The Kier molecular flexibility index (Phi) is 5.32. The summed E-state index contributed by atoms with van der Waals surface area (Å²) in [6.45, 7) is 1.70.